The van der Waals surface area contributed by atoms with Crippen molar-refractivity contribution in [1.29, 1.82) is 5.26 Å². The Bertz CT molecular complexity index is 1170. The van der Waals surface area contributed by atoms with E-state index in [2.05, 4.69) is 32.3 Å². The predicted octanol–water partition coefficient (Wildman–Crippen LogP) is 2.41. The Hall–Kier alpha value is -2.74. The summed E-state index contributed by atoms with van der Waals surface area (Å²) in [4.78, 5) is 8.33. The molecule has 0 saturated carbocycles. The summed E-state index contributed by atoms with van der Waals surface area (Å²) in [6.45, 7) is 0. The summed E-state index contributed by atoms with van der Waals surface area (Å²) >= 11 is 4.02. The Kier molecular flexibility index (Phi) is 4.89. The van der Waals surface area contributed by atoms with E-state index in [0.29, 0.717) is 15.3 Å². The molecule has 0 amide bonds. The first-order chi connectivity index (χ1) is 13.2. The number of H-pyrrole nitrogens is 1. The number of aromatic nitrogens is 4. The molecule has 27 heavy (non-hydrogen) atoms. The van der Waals surface area contributed by atoms with E-state index < -0.39 is 14.7 Å². The van der Waals surface area contributed by atoms with Crippen molar-refractivity contribution in [3.05, 3.63) is 77.1 Å². The van der Waals surface area contributed by atoms with Gasteiger partial charge in [0.2, 0.25) is 0 Å². The van der Waals surface area contributed by atoms with Gasteiger partial charge in [-0.05, 0) is 0 Å². The van der Waals surface area contributed by atoms with Crippen molar-refractivity contribution in [2.45, 2.75) is 5.21 Å². The van der Waals surface area contributed by atoms with Gasteiger partial charge in [0.05, 0.1) is 0 Å². The van der Waals surface area contributed by atoms with Crippen LogP contribution in [-0.2, 0) is 5.21 Å². The van der Waals surface area contributed by atoms with Crippen LogP contribution in [0, 0.1) is 17.1 Å². The van der Waals surface area contributed by atoms with Crippen LogP contribution >= 0.6 is 11.6 Å². The third-order valence-electron chi connectivity index (χ3n) is 4.11. The van der Waals surface area contributed by atoms with Crippen LogP contribution in [0.4, 0.5) is 4.39 Å². The molecule has 1 N–H and O–H groups in total. The number of halogens is 2. The second kappa shape index (κ2) is 7.48. The molecule has 0 bridgehead atoms. The van der Waals surface area contributed by atoms with E-state index in [1.807, 2.05) is 18.2 Å². The number of aromatic amines is 1. The molecule has 2 aromatic heterocycles. The quantitative estimate of drug-likeness (QED) is 0.391. The molecular weight excluding hydrogens is 428 g/mol. The first kappa shape index (κ1) is 17.7. The fourth-order valence-corrected chi connectivity index (χ4v) is 8.02. The van der Waals surface area contributed by atoms with Gasteiger partial charge in [-0.1, -0.05) is 0 Å². The Balaban J connectivity index is 1.87. The number of rotatable bonds is 4. The van der Waals surface area contributed by atoms with Gasteiger partial charge in [0.25, 0.3) is 0 Å². The second-order valence-corrected chi connectivity index (χ2v) is 10.6. The monoisotopic (exact) mass is 439 g/mol. The van der Waals surface area contributed by atoms with Crippen molar-refractivity contribution in [3.8, 4) is 6.07 Å². The molecule has 0 aliphatic heterocycles. The van der Waals surface area contributed by atoms with E-state index in [4.69, 9.17) is 11.6 Å². The van der Waals surface area contributed by atoms with Crippen LogP contribution in [0.15, 0.2) is 55.0 Å². The Morgan fingerprint density at radius 3 is 2.89 bits per heavy atom. The molecule has 5 nitrogen and oxygen atoms in total. The average molecular weight is 440 g/mol. The van der Waals surface area contributed by atoms with Gasteiger partial charge in [-0.3, -0.25) is 0 Å². The van der Waals surface area contributed by atoms with Crippen molar-refractivity contribution >= 4 is 46.0 Å². The molecule has 8 heteroatoms. The Morgan fingerprint density at radius 1 is 1.19 bits per heavy atom. The first-order valence-electron chi connectivity index (χ1n) is 8.01. The van der Waals surface area contributed by atoms with Gasteiger partial charge < -0.3 is 0 Å². The average Bonchev–Trinajstić information content (AvgIpc) is 3.14. The summed E-state index contributed by atoms with van der Waals surface area (Å²) in [5.41, 5.74) is 2.09. The zero-order valence-corrected chi connectivity index (χ0v) is 16.5. The third-order valence-corrected chi connectivity index (χ3v) is 9.51. The van der Waals surface area contributed by atoms with Crippen molar-refractivity contribution < 1.29 is 4.39 Å². The SMILES string of the molecule is N#Cc1c(Cl)ncnc1[As](Cc1cccc(F)c1)c1ccc2[nH]ncc2c1. The van der Waals surface area contributed by atoms with Crippen LogP contribution in [0.25, 0.3) is 10.9 Å². The summed E-state index contributed by atoms with van der Waals surface area (Å²) < 4.78 is 15.4. The normalized spacial score (nSPS) is 12.0. The van der Waals surface area contributed by atoms with Crippen molar-refractivity contribution in [2.75, 3.05) is 0 Å². The number of hydrogen-bond acceptors (Lipinski definition) is 4. The zero-order chi connectivity index (χ0) is 18.8. The molecule has 0 aliphatic carbocycles. The molecule has 0 fully saturated rings. The van der Waals surface area contributed by atoms with Crippen LogP contribution in [-0.4, -0.2) is 34.8 Å². The molecule has 132 valence electrons. The number of nitrogens with zero attached hydrogens (tertiary/aromatic N) is 4. The summed E-state index contributed by atoms with van der Waals surface area (Å²) in [7, 11) is 0. The fourth-order valence-electron chi connectivity index (χ4n) is 2.86. The standard InChI is InChI=1S/C19H12AsClFN5/c21-19-16(9-23)18(24-11-25-19)20(8-12-2-1-3-15(22)6-12)14-4-5-17-13(7-14)10-26-27-17/h1-7,10-11H,8H2,(H,26,27). The van der Waals surface area contributed by atoms with Gasteiger partial charge in [-0.2, -0.15) is 0 Å². The van der Waals surface area contributed by atoms with Gasteiger partial charge in [0.15, 0.2) is 0 Å². The Labute approximate surface area is 164 Å². The molecule has 0 saturated heterocycles. The molecule has 0 aliphatic rings. The number of fused-ring (bicyclic) bond motifs is 1. The zero-order valence-electron chi connectivity index (χ0n) is 13.9. The van der Waals surface area contributed by atoms with Crippen LogP contribution in [0.5, 0.6) is 0 Å². The minimum atomic E-state index is -2.12. The van der Waals surface area contributed by atoms with Crippen molar-refractivity contribution in [2.24, 2.45) is 0 Å². The van der Waals surface area contributed by atoms with Crippen molar-refractivity contribution in [1.82, 2.24) is 20.2 Å². The topological polar surface area (TPSA) is 78.2 Å². The van der Waals surface area contributed by atoms with Crippen LogP contribution in [0.3, 0.4) is 0 Å². The van der Waals surface area contributed by atoms with Crippen LogP contribution < -0.4 is 8.83 Å². The fraction of sp³-hybridized carbons (Fsp3) is 0.0526. The second-order valence-electron chi connectivity index (χ2n) is 5.83. The molecule has 0 radical (unpaired) electrons. The van der Waals surface area contributed by atoms with Crippen LogP contribution in [0.2, 0.25) is 5.15 Å². The minimum absolute atomic E-state index is 0.144. The van der Waals surface area contributed by atoms with E-state index in [-0.39, 0.29) is 11.0 Å². The predicted molar refractivity (Wildman–Crippen MR) is 103 cm³/mol. The molecule has 2 heterocycles. The molecular formula is C19H12AsClFN5. The van der Waals surface area contributed by atoms with Gasteiger partial charge in [-0.25, -0.2) is 0 Å². The molecule has 1 atom stereocenters. The first-order valence-corrected chi connectivity index (χ1v) is 11.6. The molecule has 2 aromatic carbocycles. The van der Waals surface area contributed by atoms with E-state index >= 15 is 0 Å². The van der Waals surface area contributed by atoms with Crippen molar-refractivity contribution in [3.63, 3.8) is 0 Å². The summed E-state index contributed by atoms with van der Waals surface area (Å²) in [5, 5.41) is 18.3. The van der Waals surface area contributed by atoms with E-state index in [1.165, 1.54) is 18.5 Å². The summed E-state index contributed by atoms with van der Waals surface area (Å²) in [6, 6.07) is 14.7. The van der Waals surface area contributed by atoms with Gasteiger partial charge in [0, 0.05) is 0 Å². The maximum absolute atomic E-state index is 13.7. The molecule has 1 unspecified atom stereocenters. The van der Waals surface area contributed by atoms with E-state index in [1.54, 1.807) is 12.3 Å². The van der Waals surface area contributed by atoms with Gasteiger partial charge in [0.1, 0.15) is 0 Å². The molecule has 4 rings (SSSR count). The number of hydrogen-bond donors (Lipinski definition) is 1. The van der Waals surface area contributed by atoms with Gasteiger partial charge in [-0.15, -0.1) is 0 Å². The number of nitriles is 1. The number of benzene rings is 2. The Morgan fingerprint density at radius 2 is 2.07 bits per heavy atom. The molecule has 4 aromatic rings. The summed E-state index contributed by atoms with van der Waals surface area (Å²) in [6.07, 6.45) is 3.13. The number of nitrogens with one attached hydrogen (secondary N) is 1. The van der Waals surface area contributed by atoms with Gasteiger partial charge >= 0.3 is 164 Å². The van der Waals surface area contributed by atoms with Crippen LogP contribution in [0.1, 0.15) is 11.1 Å². The maximum atomic E-state index is 13.7. The van der Waals surface area contributed by atoms with E-state index in [9.17, 15) is 9.65 Å². The molecule has 0 spiro atoms. The summed E-state index contributed by atoms with van der Waals surface area (Å²) in [5.74, 6) is -0.284. The third kappa shape index (κ3) is 3.57. The van der Waals surface area contributed by atoms with E-state index in [0.717, 1.165) is 20.8 Å².